The molecule has 41 heavy (non-hydrogen) atoms. The van der Waals surface area contributed by atoms with Gasteiger partial charge in [-0.25, -0.2) is 14.8 Å². The number of rotatable bonds is 7. The number of carboxylic acids is 1. The number of nitrogens with zero attached hydrogens (tertiary/aromatic N) is 3. The average Bonchev–Trinajstić information content (AvgIpc) is 3.75. The lowest BCUT2D eigenvalue weighted by Gasteiger charge is -2.13. The lowest BCUT2D eigenvalue weighted by molar-refractivity contribution is 0.0697. The second-order valence-electron chi connectivity index (χ2n) is 10.5. The molecule has 1 aliphatic rings. The van der Waals surface area contributed by atoms with Crippen LogP contribution in [0.3, 0.4) is 0 Å². The van der Waals surface area contributed by atoms with Crippen molar-refractivity contribution in [2.45, 2.75) is 19.4 Å². The molecule has 1 fully saturated rings. The van der Waals surface area contributed by atoms with Crippen LogP contribution in [0.2, 0.25) is 5.02 Å². The summed E-state index contributed by atoms with van der Waals surface area (Å²) < 4.78 is 7.77. The van der Waals surface area contributed by atoms with Crippen molar-refractivity contribution >= 4 is 39.5 Å². The Kier molecular flexibility index (Phi) is 6.20. The first-order valence-electron chi connectivity index (χ1n) is 13.6. The number of fused-ring (bicyclic) bond motifs is 2. The maximum atomic E-state index is 11.6. The molecule has 0 amide bonds. The third-order valence-electron chi connectivity index (χ3n) is 7.74. The van der Waals surface area contributed by atoms with Gasteiger partial charge in [0.1, 0.15) is 11.6 Å². The minimum absolute atomic E-state index is 0.242. The normalized spacial score (nSPS) is 13.1. The number of aromatic nitrogens is 3. The Labute approximate surface area is 241 Å². The Bertz CT molecular complexity index is 1960. The summed E-state index contributed by atoms with van der Waals surface area (Å²) in [6, 6.07) is 29.3. The van der Waals surface area contributed by atoms with Gasteiger partial charge in [-0.2, -0.15) is 0 Å². The molecule has 1 N–H and O–H groups in total. The molecule has 7 heteroatoms. The molecule has 0 saturated heterocycles. The van der Waals surface area contributed by atoms with Gasteiger partial charge in [0.15, 0.2) is 0 Å². The highest BCUT2D eigenvalue weighted by Gasteiger charge is 2.25. The summed E-state index contributed by atoms with van der Waals surface area (Å²) in [6.07, 6.45) is 2.41. The van der Waals surface area contributed by atoms with Crippen molar-refractivity contribution in [1.29, 1.82) is 0 Å². The van der Waals surface area contributed by atoms with Crippen LogP contribution in [-0.2, 0) is 6.54 Å². The zero-order chi connectivity index (χ0) is 28.1. The second-order valence-corrected chi connectivity index (χ2v) is 11.0. The number of benzene rings is 4. The van der Waals surface area contributed by atoms with Gasteiger partial charge in [0, 0.05) is 28.1 Å². The molecule has 0 bridgehead atoms. The number of carboxylic acid groups (broad SMARTS) is 1. The predicted molar refractivity (Wildman–Crippen MR) is 163 cm³/mol. The van der Waals surface area contributed by atoms with E-state index in [-0.39, 0.29) is 5.56 Å². The van der Waals surface area contributed by atoms with Gasteiger partial charge in [-0.3, -0.25) is 0 Å². The van der Waals surface area contributed by atoms with Crippen LogP contribution in [0.15, 0.2) is 91.0 Å². The molecule has 202 valence electrons. The van der Waals surface area contributed by atoms with E-state index in [1.807, 2.05) is 66.7 Å². The maximum Gasteiger partial charge on any atom is 0.335 e. The van der Waals surface area contributed by atoms with Crippen LogP contribution in [0.1, 0.15) is 23.2 Å². The van der Waals surface area contributed by atoms with Crippen molar-refractivity contribution in [2.24, 2.45) is 5.92 Å². The van der Waals surface area contributed by atoms with Crippen LogP contribution in [0, 0.1) is 5.92 Å². The smallest absolute Gasteiger partial charge is 0.335 e. The highest BCUT2D eigenvalue weighted by Crippen LogP contribution is 2.37. The van der Waals surface area contributed by atoms with Crippen LogP contribution in [0.4, 0.5) is 0 Å². The molecule has 2 heterocycles. The average molecular weight is 560 g/mol. The number of methoxy groups -OCH3 is 1. The van der Waals surface area contributed by atoms with Crippen LogP contribution >= 0.6 is 11.6 Å². The van der Waals surface area contributed by atoms with E-state index < -0.39 is 5.97 Å². The van der Waals surface area contributed by atoms with E-state index in [0.29, 0.717) is 16.5 Å². The van der Waals surface area contributed by atoms with Crippen molar-refractivity contribution in [3.8, 4) is 39.5 Å². The molecule has 7 rings (SSSR count). The summed E-state index contributed by atoms with van der Waals surface area (Å²) in [5.74, 6) is 1.29. The Morgan fingerprint density at radius 3 is 2.44 bits per heavy atom. The van der Waals surface area contributed by atoms with E-state index >= 15 is 0 Å². The summed E-state index contributed by atoms with van der Waals surface area (Å²) >= 11 is 6.14. The van der Waals surface area contributed by atoms with Gasteiger partial charge in [-0.1, -0.05) is 35.9 Å². The largest absolute Gasteiger partial charge is 0.497 e. The molecule has 0 spiro atoms. The number of hydrogen-bond acceptors (Lipinski definition) is 4. The Hall–Kier alpha value is -4.68. The predicted octanol–water partition coefficient (Wildman–Crippen LogP) is 8.36. The molecule has 0 atom stereocenters. The van der Waals surface area contributed by atoms with Gasteiger partial charge in [-0.05, 0) is 96.6 Å². The molecule has 0 aliphatic heterocycles. The molecule has 1 aliphatic carbocycles. The van der Waals surface area contributed by atoms with Gasteiger partial charge >= 0.3 is 5.97 Å². The monoisotopic (exact) mass is 559 g/mol. The first kappa shape index (κ1) is 25.3. The maximum absolute atomic E-state index is 11.6. The molecule has 2 aromatic heterocycles. The molecule has 6 aromatic rings. The van der Waals surface area contributed by atoms with Gasteiger partial charge < -0.3 is 14.4 Å². The quantitative estimate of drug-likeness (QED) is 0.213. The van der Waals surface area contributed by atoms with E-state index in [0.717, 1.165) is 62.5 Å². The third kappa shape index (κ3) is 4.81. The Morgan fingerprint density at radius 2 is 1.68 bits per heavy atom. The summed E-state index contributed by atoms with van der Waals surface area (Å²) in [4.78, 5) is 21.5. The van der Waals surface area contributed by atoms with Gasteiger partial charge in [0.25, 0.3) is 0 Å². The van der Waals surface area contributed by atoms with Crippen LogP contribution < -0.4 is 4.74 Å². The minimum Gasteiger partial charge on any atom is -0.497 e. The Morgan fingerprint density at radius 1 is 0.878 bits per heavy atom. The van der Waals surface area contributed by atoms with Crippen molar-refractivity contribution < 1.29 is 14.6 Å². The minimum atomic E-state index is -0.951. The summed E-state index contributed by atoms with van der Waals surface area (Å²) in [5.41, 5.74) is 7.64. The fraction of sp³-hybridized carbons (Fsp3) is 0.147. The SMILES string of the molecule is COc1ccc(-c2ccc(Cl)cc2)c(-c2ccc3cc(-c4nc5cc(C(=O)O)ccc5n4CC4CC4)ccc3n2)c1. The molecule has 1 saturated carbocycles. The van der Waals surface area contributed by atoms with Crippen LogP contribution in [-0.4, -0.2) is 32.7 Å². The van der Waals surface area contributed by atoms with Crippen LogP contribution in [0.25, 0.3) is 55.7 Å². The van der Waals surface area contributed by atoms with E-state index in [1.54, 1.807) is 19.2 Å². The van der Waals surface area contributed by atoms with Crippen LogP contribution in [0.5, 0.6) is 5.75 Å². The first-order valence-corrected chi connectivity index (χ1v) is 13.9. The van der Waals surface area contributed by atoms with Crippen molar-refractivity contribution in [2.75, 3.05) is 7.11 Å². The molecule has 0 radical (unpaired) electrons. The lowest BCUT2D eigenvalue weighted by atomic mass is 9.96. The number of ether oxygens (including phenoxy) is 1. The standard InChI is InChI=1S/C34H26ClN3O3/c1-41-26-11-12-27(21-4-9-25(35)10-5-21)28(18-26)30-14-6-22-16-23(7-13-29(22)36-30)33-37-31-17-24(34(39)40)8-15-32(31)38(33)19-20-2-3-20/h4-18,20H,2-3,19H2,1H3,(H,39,40). The van der Waals surface area contributed by atoms with E-state index in [4.69, 9.17) is 26.3 Å². The summed E-state index contributed by atoms with van der Waals surface area (Å²) in [5, 5.41) is 11.2. The van der Waals surface area contributed by atoms with Gasteiger partial charge in [-0.15, -0.1) is 0 Å². The number of imidazole rings is 1. The highest BCUT2D eigenvalue weighted by atomic mass is 35.5. The fourth-order valence-corrected chi connectivity index (χ4v) is 5.51. The zero-order valence-electron chi connectivity index (χ0n) is 22.3. The number of carbonyl (C=O) groups is 1. The fourth-order valence-electron chi connectivity index (χ4n) is 5.38. The van der Waals surface area contributed by atoms with Crippen molar-refractivity contribution in [3.05, 3.63) is 102 Å². The van der Waals surface area contributed by atoms with Gasteiger partial charge in [0.05, 0.1) is 34.9 Å². The second kappa shape index (κ2) is 10.1. The third-order valence-corrected chi connectivity index (χ3v) is 7.99. The highest BCUT2D eigenvalue weighted by molar-refractivity contribution is 6.30. The molecular formula is C34H26ClN3O3. The van der Waals surface area contributed by atoms with E-state index in [2.05, 4.69) is 16.7 Å². The summed E-state index contributed by atoms with van der Waals surface area (Å²) in [7, 11) is 1.66. The number of pyridine rings is 1. The van der Waals surface area contributed by atoms with Crippen molar-refractivity contribution in [1.82, 2.24) is 14.5 Å². The molecule has 4 aromatic carbocycles. The number of hydrogen-bond donors (Lipinski definition) is 1. The topological polar surface area (TPSA) is 77.2 Å². The number of aromatic carboxylic acids is 1. The molecule has 6 nitrogen and oxygen atoms in total. The van der Waals surface area contributed by atoms with E-state index in [9.17, 15) is 9.90 Å². The summed E-state index contributed by atoms with van der Waals surface area (Å²) in [6.45, 7) is 0.872. The lowest BCUT2D eigenvalue weighted by Crippen LogP contribution is -2.02. The zero-order valence-corrected chi connectivity index (χ0v) is 23.1. The Balaban J connectivity index is 1.32. The molecular weight excluding hydrogens is 534 g/mol. The first-order chi connectivity index (χ1) is 20.0. The van der Waals surface area contributed by atoms with Crippen molar-refractivity contribution in [3.63, 3.8) is 0 Å². The molecule has 0 unspecified atom stereocenters. The van der Waals surface area contributed by atoms with Gasteiger partial charge in [0.2, 0.25) is 0 Å². The van der Waals surface area contributed by atoms with E-state index in [1.165, 1.54) is 12.8 Å². The number of halogens is 1.